The van der Waals surface area contributed by atoms with E-state index in [1.54, 1.807) is 42.5 Å². The number of anilines is 1. The smallest absolute Gasteiger partial charge is 0.264 e. The second-order valence-electron chi connectivity index (χ2n) is 6.83. The van der Waals surface area contributed by atoms with E-state index in [9.17, 15) is 13.2 Å². The maximum absolute atomic E-state index is 13.2. The van der Waals surface area contributed by atoms with Gasteiger partial charge in [-0.15, -0.1) is 0 Å². The van der Waals surface area contributed by atoms with E-state index in [0.29, 0.717) is 37.7 Å². The summed E-state index contributed by atoms with van der Waals surface area (Å²) in [4.78, 5) is 14.9. The molecule has 0 saturated carbocycles. The predicted molar refractivity (Wildman–Crippen MR) is 114 cm³/mol. The Labute approximate surface area is 177 Å². The van der Waals surface area contributed by atoms with E-state index >= 15 is 0 Å². The summed E-state index contributed by atoms with van der Waals surface area (Å²) in [5.74, 6) is 0.240. The number of ether oxygens (including phenoxy) is 2. The summed E-state index contributed by atoms with van der Waals surface area (Å²) in [6, 6.07) is 14.7. The number of benzene rings is 2. The van der Waals surface area contributed by atoms with Crippen LogP contribution < -0.4 is 14.4 Å². The number of methoxy groups -OCH3 is 1. The number of nitrogens with one attached hydrogen (secondary N) is 1. The van der Waals surface area contributed by atoms with E-state index in [1.165, 1.54) is 19.2 Å². The molecule has 0 bridgehead atoms. The van der Waals surface area contributed by atoms with Gasteiger partial charge < -0.3 is 14.8 Å². The molecule has 1 aliphatic rings. The fraction of sp³-hybridized carbons (Fsp3) is 0.381. The van der Waals surface area contributed by atoms with Crippen LogP contribution in [0.1, 0.15) is 0 Å². The quantitative estimate of drug-likeness (QED) is 0.642. The molecule has 1 heterocycles. The minimum atomic E-state index is -3.91. The summed E-state index contributed by atoms with van der Waals surface area (Å²) in [5.41, 5.74) is 0.392. The molecule has 162 valence electrons. The van der Waals surface area contributed by atoms with Crippen LogP contribution in [-0.4, -0.2) is 72.3 Å². The molecule has 0 radical (unpaired) electrons. The molecule has 0 unspecified atom stereocenters. The van der Waals surface area contributed by atoms with Crippen LogP contribution in [0.3, 0.4) is 0 Å². The van der Waals surface area contributed by atoms with Gasteiger partial charge in [-0.3, -0.25) is 14.0 Å². The van der Waals surface area contributed by atoms with Crippen LogP contribution in [0.25, 0.3) is 0 Å². The molecule has 2 aromatic carbocycles. The lowest BCUT2D eigenvalue weighted by atomic mass is 10.3. The van der Waals surface area contributed by atoms with Crippen molar-refractivity contribution in [2.24, 2.45) is 0 Å². The molecule has 0 aliphatic carbocycles. The van der Waals surface area contributed by atoms with Crippen molar-refractivity contribution in [2.45, 2.75) is 4.90 Å². The van der Waals surface area contributed by atoms with E-state index in [1.807, 2.05) is 0 Å². The van der Waals surface area contributed by atoms with Gasteiger partial charge in [-0.2, -0.15) is 0 Å². The third kappa shape index (κ3) is 5.71. The van der Waals surface area contributed by atoms with Gasteiger partial charge in [-0.1, -0.05) is 18.2 Å². The molecule has 1 fully saturated rings. The van der Waals surface area contributed by atoms with Gasteiger partial charge in [0.2, 0.25) is 5.91 Å². The van der Waals surface area contributed by atoms with Crippen LogP contribution in [0.4, 0.5) is 5.69 Å². The first-order valence-corrected chi connectivity index (χ1v) is 11.2. The Hall–Kier alpha value is -2.62. The van der Waals surface area contributed by atoms with Gasteiger partial charge in [0.25, 0.3) is 10.0 Å². The molecule has 0 spiro atoms. The third-order valence-corrected chi connectivity index (χ3v) is 6.62. The summed E-state index contributed by atoms with van der Waals surface area (Å²) in [5, 5.41) is 2.82. The van der Waals surface area contributed by atoms with Crippen molar-refractivity contribution in [3.63, 3.8) is 0 Å². The summed E-state index contributed by atoms with van der Waals surface area (Å²) in [6.07, 6.45) is 0. The van der Waals surface area contributed by atoms with Crippen molar-refractivity contribution in [3.05, 3.63) is 54.6 Å². The molecule has 0 aromatic heterocycles. The number of hydrogen-bond acceptors (Lipinski definition) is 6. The summed E-state index contributed by atoms with van der Waals surface area (Å²) in [7, 11) is -2.37. The van der Waals surface area contributed by atoms with Crippen LogP contribution in [0.5, 0.6) is 5.75 Å². The largest absolute Gasteiger partial charge is 0.497 e. The number of hydrogen-bond donors (Lipinski definition) is 1. The zero-order chi connectivity index (χ0) is 21.4. The molecule has 30 heavy (non-hydrogen) atoms. The second-order valence-corrected chi connectivity index (χ2v) is 8.69. The van der Waals surface area contributed by atoms with E-state index < -0.39 is 10.0 Å². The van der Waals surface area contributed by atoms with Crippen LogP contribution in [0, 0.1) is 0 Å². The van der Waals surface area contributed by atoms with Crippen LogP contribution >= 0.6 is 0 Å². The number of amides is 1. The first-order chi connectivity index (χ1) is 14.5. The fourth-order valence-corrected chi connectivity index (χ4v) is 4.59. The highest BCUT2D eigenvalue weighted by atomic mass is 32.2. The first-order valence-electron chi connectivity index (χ1n) is 9.79. The van der Waals surface area contributed by atoms with E-state index in [0.717, 1.165) is 17.4 Å². The number of nitrogens with zero attached hydrogens (tertiary/aromatic N) is 2. The zero-order valence-corrected chi connectivity index (χ0v) is 17.8. The lowest BCUT2D eigenvalue weighted by Gasteiger charge is -2.27. The minimum absolute atomic E-state index is 0.127. The van der Waals surface area contributed by atoms with Crippen LogP contribution in [0.2, 0.25) is 0 Å². The van der Waals surface area contributed by atoms with Crippen LogP contribution in [-0.2, 0) is 19.6 Å². The monoisotopic (exact) mass is 433 g/mol. The number of carbonyl (C=O) groups is 1. The van der Waals surface area contributed by atoms with Gasteiger partial charge in [-0.05, 0) is 36.4 Å². The molecule has 1 N–H and O–H groups in total. The van der Waals surface area contributed by atoms with Crippen molar-refractivity contribution in [1.82, 2.24) is 10.2 Å². The van der Waals surface area contributed by atoms with Gasteiger partial charge >= 0.3 is 0 Å². The second kappa shape index (κ2) is 10.4. The highest BCUT2D eigenvalue weighted by Gasteiger charge is 2.27. The number of rotatable bonds is 9. The zero-order valence-electron chi connectivity index (χ0n) is 17.0. The molecule has 8 nitrogen and oxygen atoms in total. The lowest BCUT2D eigenvalue weighted by molar-refractivity contribution is -0.119. The van der Waals surface area contributed by atoms with Gasteiger partial charge in [0.05, 0.1) is 30.9 Å². The Bertz CT molecular complexity index is 913. The average Bonchev–Trinajstić information content (AvgIpc) is 2.79. The van der Waals surface area contributed by atoms with Crippen molar-refractivity contribution in [3.8, 4) is 5.75 Å². The molecule has 1 amide bonds. The van der Waals surface area contributed by atoms with Gasteiger partial charge in [0.1, 0.15) is 12.3 Å². The Morgan fingerprint density at radius 2 is 1.77 bits per heavy atom. The van der Waals surface area contributed by atoms with Crippen molar-refractivity contribution in [1.29, 1.82) is 0 Å². The van der Waals surface area contributed by atoms with E-state index in [4.69, 9.17) is 9.47 Å². The van der Waals surface area contributed by atoms with Gasteiger partial charge in [0.15, 0.2) is 0 Å². The summed E-state index contributed by atoms with van der Waals surface area (Å²) >= 11 is 0. The topological polar surface area (TPSA) is 88.2 Å². The Morgan fingerprint density at radius 1 is 1.10 bits per heavy atom. The Kier molecular flexibility index (Phi) is 7.67. The van der Waals surface area contributed by atoms with E-state index in [2.05, 4.69) is 10.2 Å². The molecule has 2 aromatic rings. The number of morpholine rings is 1. The maximum Gasteiger partial charge on any atom is 0.264 e. The summed E-state index contributed by atoms with van der Waals surface area (Å²) in [6.45, 7) is 3.87. The molecule has 9 heteroatoms. The third-order valence-electron chi connectivity index (χ3n) is 4.83. The Morgan fingerprint density at radius 3 is 2.40 bits per heavy atom. The predicted octanol–water partition coefficient (Wildman–Crippen LogP) is 1.34. The SMILES string of the molecule is COc1ccc(N(CC(=O)NCCN2CCOCC2)S(=O)(=O)c2ccccc2)cc1. The van der Waals surface area contributed by atoms with Crippen molar-refractivity contribution >= 4 is 21.6 Å². The molecular formula is C21H27N3O5S. The van der Waals surface area contributed by atoms with E-state index in [-0.39, 0.29) is 17.3 Å². The summed E-state index contributed by atoms with van der Waals surface area (Å²) < 4.78 is 38.1. The number of carbonyl (C=O) groups excluding carboxylic acids is 1. The van der Waals surface area contributed by atoms with Gasteiger partial charge in [-0.25, -0.2) is 8.42 Å². The highest BCUT2D eigenvalue weighted by Crippen LogP contribution is 2.25. The average molecular weight is 434 g/mol. The van der Waals surface area contributed by atoms with Gasteiger partial charge in [0, 0.05) is 26.2 Å². The molecule has 1 aliphatic heterocycles. The standard InChI is InChI=1S/C21H27N3O5S/c1-28-19-9-7-18(8-10-19)24(30(26,27)20-5-3-2-4-6-20)17-21(25)22-11-12-23-13-15-29-16-14-23/h2-10H,11-17H2,1H3,(H,22,25). The maximum atomic E-state index is 13.2. The van der Waals surface area contributed by atoms with Crippen LogP contribution in [0.15, 0.2) is 59.5 Å². The highest BCUT2D eigenvalue weighted by molar-refractivity contribution is 7.92. The molecule has 1 saturated heterocycles. The molecular weight excluding hydrogens is 406 g/mol. The normalized spacial score (nSPS) is 14.8. The minimum Gasteiger partial charge on any atom is -0.497 e. The van der Waals surface area contributed by atoms with Crippen molar-refractivity contribution in [2.75, 3.05) is 57.4 Å². The van der Waals surface area contributed by atoms with Crippen molar-refractivity contribution < 1.29 is 22.7 Å². The number of sulfonamides is 1. The fourth-order valence-electron chi connectivity index (χ4n) is 3.15. The molecule has 0 atom stereocenters. The molecule has 3 rings (SSSR count). The Balaban J connectivity index is 1.72. The lowest BCUT2D eigenvalue weighted by Crippen LogP contribution is -2.44. The first kappa shape index (κ1) is 22.1.